The maximum Gasteiger partial charge on any atom is 0.394 e. The molecule has 0 unspecified atom stereocenters. The second-order valence-corrected chi connectivity index (χ2v) is 5.54. The van der Waals surface area contributed by atoms with Gasteiger partial charge in [0, 0.05) is 5.57 Å². The van der Waals surface area contributed by atoms with E-state index in [1.54, 1.807) is 0 Å². The van der Waals surface area contributed by atoms with Gasteiger partial charge >= 0.3 is 10.4 Å². The third-order valence-electron chi connectivity index (χ3n) is 2.83. The van der Waals surface area contributed by atoms with E-state index in [0.717, 1.165) is 22.5 Å². The molecule has 1 aliphatic carbocycles. The van der Waals surface area contributed by atoms with Crippen LogP contribution in [0.4, 0.5) is 5.69 Å². The van der Waals surface area contributed by atoms with Gasteiger partial charge in [0.2, 0.25) is 0 Å². The van der Waals surface area contributed by atoms with Gasteiger partial charge in [-0.05, 0) is 37.6 Å². The first-order valence-electron chi connectivity index (χ1n) is 6.47. The van der Waals surface area contributed by atoms with Gasteiger partial charge in [-0.2, -0.15) is 23.4 Å². The number of rotatable bonds is 2. The highest BCUT2D eigenvalue weighted by atomic mass is 32.3. The first kappa shape index (κ1) is 18.6. The monoisotopic (exact) mass is 336 g/mol. The van der Waals surface area contributed by atoms with Crippen LogP contribution in [0.25, 0.3) is 5.53 Å². The topological polar surface area (TPSA) is 136 Å². The molecule has 0 saturated heterocycles. The van der Waals surface area contributed by atoms with Crippen molar-refractivity contribution in [3.63, 3.8) is 0 Å². The van der Waals surface area contributed by atoms with Crippen LogP contribution in [0.5, 0.6) is 0 Å². The summed E-state index contributed by atoms with van der Waals surface area (Å²) in [6.07, 6.45) is 4.34. The Labute approximate surface area is 134 Å². The average molecular weight is 336 g/mol. The number of benzene rings is 1. The van der Waals surface area contributed by atoms with Crippen LogP contribution < -0.4 is 0 Å². The fourth-order valence-electron chi connectivity index (χ4n) is 1.70. The third-order valence-corrected chi connectivity index (χ3v) is 2.83. The maximum atomic E-state index is 8.76. The highest BCUT2D eigenvalue weighted by Crippen LogP contribution is 2.21. The first-order valence-corrected chi connectivity index (χ1v) is 7.87. The molecule has 0 fully saturated rings. The first-order chi connectivity index (χ1) is 10.7. The zero-order chi connectivity index (χ0) is 17.5. The molecule has 23 heavy (non-hydrogen) atoms. The van der Waals surface area contributed by atoms with Crippen LogP contribution in [0.15, 0.2) is 57.9 Å². The summed E-state index contributed by atoms with van der Waals surface area (Å²) in [5.41, 5.74) is 13.1. The largest absolute Gasteiger partial charge is 0.394 e. The van der Waals surface area contributed by atoms with Crippen molar-refractivity contribution in [2.24, 2.45) is 10.2 Å². The van der Waals surface area contributed by atoms with E-state index in [9.17, 15) is 0 Å². The van der Waals surface area contributed by atoms with Gasteiger partial charge in [0.25, 0.3) is 5.71 Å². The summed E-state index contributed by atoms with van der Waals surface area (Å²) in [6, 6.07) is 7.84. The second kappa shape index (κ2) is 8.25. The predicted molar refractivity (Wildman–Crippen MR) is 85.0 cm³/mol. The highest BCUT2D eigenvalue weighted by Gasteiger charge is 2.14. The molecule has 0 heterocycles. The Kier molecular flexibility index (Phi) is 6.67. The van der Waals surface area contributed by atoms with Crippen LogP contribution >= 0.6 is 0 Å². The number of azo groups is 1. The molecule has 2 rings (SSSR count). The Morgan fingerprint density at radius 2 is 1.78 bits per heavy atom. The summed E-state index contributed by atoms with van der Waals surface area (Å²) in [4.78, 5) is 3.23. The van der Waals surface area contributed by atoms with E-state index >= 15 is 0 Å². The summed E-state index contributed by atoms with van der Waals surface area (Å²) in [5.74, 6) is 0. The van der Waals surface area contributed by atoms with Gasteiger partial charge in [0.05, 0.1) is 17.8 Å². The summed E-state index contributed by atoms with van der Waals surface area (Å²) in [6.45, 7) is 3.90. The standard InChI is InChI=1S/C14H14N4.H2O4S/c1-10-5-3-4-6-14(10)18-17-12-7-8-13(16-15)11(2)9-12;1-5(2,3)4/h3-7,9H,8H2,1-2H3;(H2,1,2,3,4). The Hall–Kier alpha value is -2.45. The van der Waals surface area contributed by atoms with Crippen molar-refractivity contribution in [3.05, 3.63) is 58.8 Å². The molecule has 0 atom stereocenters. The van der Waals surface area contributed by atoms with Crippen molar-refractivity contribution in [3.8, 4) is 0 Å². The normalized spacial score (nSPS) is 14.5. The van der Waals surface area contributed by atoms with Crippen LogP contribution in [0.2, 0.25) is 0 Å². The molecular weight excluding hydrogens is 320 g/mol. The third kappa shape index (κ3) is 7.39. The smallest absolute Gasteiger partial charge is 0.361 e. The Morgan fingerprint density at radius 3 is 2.30 bits per heavy atom. The van der Waals surface area contributed by atoms with Gasteiger partial charge in [-0.25, -0.2) is 0 Å². The predicted octanol–water partition coefficient (Wildman–Crippen LogP) is 3.33. The SMILES string of the molecule is CC1=CC(N=Nc2ccccc2C)=CCC1=[N+]=[N-].O=S(=O)(O)O. The molecule has 0 aromatic heterocycles. The summed E-state index contributed by atoms with van der Waals surface area (Å²) >= 11 is 0. The molecule has 1 aromatic carbocycles. The van der Waals surface area contributed by atoms with Crippen molar-refractivity contribution >= 4 is 21.8 Å². The van der Waals surface area contributed by atoms with Crippen LogP contribution in [0.3, 0.4) is 0 Å². The van der Waals surface area contributed by atoms with E-state index in [-0.39, 0.29) is 0 Å². The Balaban J connectivity index is 0.000000463. The van der Waals surface area contributed by atoms with E-state index in [4.69, 9.17) is 23.1 Å². The van der Waals surface area contributed by atoms with Gasteiger partial charge in [0.1, 0.15) is 0 Å². The molecule has 122 valence electrons. The minimum atomic E-state index is -4.67. The molecule has 0 bridgehead atoms. The maximum absolute atomic E-state index is 8.76. The summed E-state index contributed by atoms with van der Waals surface area (Å²) in [5, 5.41) is 8.43. The fraction of sp³-hybridized carbons (Fsp3) is 0.214. The number of allylic oxidation sites excluding steroid dienone is 3. The molecule has 9 heteroatoms. The number of hydrogen-bond donors (Lipinski definition) is 2. The lowest BCUT2D eigenvalue weighted by atomic mass is 10.0. The van der Waals surface area contributed by atoms with Crippen molar-refractivity contribution in [2.45, 2.75) is 20.3 Å². The van der Waals surface area contributed by atoms with Crippen molar-refractivity contribution < 1.29 is 22.3 Å². The zero-order valence-electron chi connectivity index (χ0n) is 12.6. The lowest BCUT2D eigenvalue weighted by Gasteiger charge is -2.02. The lowest BCUT2D eigenvalue weighted by molar-refractivity contribution is -0.00647. The van der Waals surface area contributed by atoms with E-state index in [1.807, 2.05) is 50.3 Å². The number of aryl methyl sites for hydroxylation is 1. The molecule has 2 N–H and O–H groups in total. The van der Waals surface area contributed by atoms with Crippen LogP contribution in [-0.2, 0) is 10.4 Å². The van der Waals surface area contributed by atoms with Crippen molar-refractivity contribution in [1.82, 2.24) is 0 Å². The van der Waals surface area contributed by atoms with Gasteiger partial charge in [-0.1, -0.05) is 18.2 Å². The Morgan fingerprint density at radius 1 is 1.17 bits per heavy atom. The van der Waals surface area contributed by atoms with Crippen molar-refractivity contribution in [1.29, 1.82) is 0 Å². The molecule has 1 aliphatic rings. The molecule has 0 amide bonds. The minimum absolute atomic E-state index is 0.584. The zero-order valence-corrected chi connectivity index (χ0v) is 13.4. The van der Waals surface area contributed by atoms with Crippen molar-refractivity contribution in [2.75, 3.05) is 0 Å². The molecular formula is C14H16N4O4S. The number of nitrogens with zero attached hydrogens (tertiary/aromatic N) is 4. The Bertz CT molecular complexity index is 811. The number of hydrogen-bond acceptors (Lipinski definition) is 4. The molecule has 0 spiro atoms. The van der Waals surface area contributed by atoms with Crippen LogP contribution in [-0.4, -0.2) is 28.0 Å². The quantitative estimate of drug-likeness (QED) is 0.486. The van der Waals surface area contributed by atoms with E-state index < -0.39 is 10.4 Å². The van der Waals surface area contributed by atoms with E-state index in [0.29, 0.717) is 12.1 Å². The van der Waals surface area contributed by atoms with E-state index in [2.05, 4.69) is 15.0 Å². The summed E-state index contributed by atoms with van der Waals surface area (Å²) < 4.78 is 31.6. The second-order valence-electron chi connectivity index (χ2n) is 4.64. The summed E-state index contributed by atoms with van der Waals surface area (Å²) in [7, 11) is -4.67. The van der Waals surface area contributed by atoms with Crippen LogP contribution in [0.1, 0.15) is 18.9 Å². The lowest BCUT2D eigenvalue weighted by Crippen LogP contribution is -2.04. The van der Waals surface area contributed by atoms with Gasteiger partial charge in [-0.3, -0.25) is 9.11 Å². The molecule has 0 radical (unpaired) electrons. The highest BCUT2D eigenvalue weighted by molar-refractivity contribution is 7.79. The van der Waals surface area contributed by atoms with Gasteiger partial charge < -0.3 is 5.53 Å². The molecule has 0 aliphatic heterocycles. The van der Waals surface area contributed by atoms with Gasteiger partial charge in [0.15, 0.2) is 0 Å². The molecule has 0 saturated carbocycles. The minimum Gasteiger partial charge on any atom is -0.361 e. The average Bonchev–Trinajstić information content (AvgIpc) is 2.45. The fourth-order valence-corrected chi connectivity index (χ4v) is 1.70. The van der Waals surface area contributed by atoms with Gasteiger partial charge in [-0.15, -0.1) is 0 Å². The molecule has 1 aromatic rings. The van der Waals surface area contributed by atoms with Crippen LogP contribution in [0, 0.1) is 6.92 Å². The molecule has 8 nitrogen and oxygen atoms in total. The van der Waals surface area contributed by atoms with E-state index in [1.165, 1.54) is 0 Å².